The fourth-order valence-corrected chi connectivity index (χ4v) is 4.19. The van der Waals surface area contributed by atoms with Gasteiger partial charge in [0.1, 0.15) is 29.5 Å². The highest BCUT2D eigenvalue weighted by molar-refractivity contribution is 6.08. The maximum Gasteiger partial charge on any atom is 0.251 e. The lowest BCUT2D eigenvalue weighted by Gasteiger charge is -2.39. The van der Waals surface area contributed by atoms with Crippen LogP contribution in [0.3, 0.4) is 0 Å². The van der Waals surface area contributed by atoms with Crippen molar-refractivity contribution in [3.8, 4) is 22.6 Å². The molecule has 1 aliphatic rings. The predicted octanol–water partition coefficient (Wildman–Crippen LogP) is 5.56. The van der Waals surface area contributed by atoms with Crippen LogP contribution < -0.4 is 19.7 Å². The van der Waals surface area contributed by atoms with Gasteiger partial charge in [-0.05, 0) is 56.2 Å². The van der Waals surface area contributed by atoms with Crippen LogP contribution in [0.1, 0.15) is 25.0 Å². The van der Waals surface area contributed by atoms with Crippen LogP contribution >= 0.6 is 0 Å². The van der Waals surface area contributed by atoms with E-state index in [0.717, 1.165) is 39.4 Å². The molecule has 3 aromatic rings. The highest BCUT2D eigenvalue weighted by Crippen LogP contribution is 2.44. The number of fused-ring (bicyclic) bond motifs is 1. The van der Waals surface area contributed by atoms with Crippen LogP contribution in [0.15, 0.2) is 54.6 Å². The van der Waals surface area contributed by atoms with Crippen molar-refractivity contribution in [2.75, 3.05) is 24.4 Å². The van der Waals surface area contributed by atoms with E-state index in [-0.39, 0.29) is 18.3 Å². The number of nitrogens with one attached hydrogen (secondary N) is 1. The van der Waals surface area contributed by atoms with E-state index in [9.17, 15) is 9.18 Å². The summed E-state index contributed by atoms with van der Waals surface area (Å²) in [6, 6.07) is 16.1. The number of nitrogens with zero attached hydrogens (tertiary/aromatic N) is 1. The van der Waals surface area contributed by atoms with Crippen LogP contribution in [0.2, 0.25) is 0 Å². The van der Waals surface area contributed by atoms with Gasteiger partial charge in [-0.25, -0.2) is 4.39 Å². The number of rotatable bonds is 5. The maximum absolute atomic E-state index is 13.9. The normalized spacial score (nSPS) is 14.6. The molecule has 0 aromatic heterocycles. The summed E-state index contributed by atoms with van der Waals surface area (Å²) in [5.74, 6) is 0.753. The van der Waals surface area contributed by atoms with E-state index in [0.29, 0.717) is 5.75 Å². The smallest absolute Gasteiger partial charge is 0.251 e. The molecule has 0 fully saturated rings. The van der Waals surface area contributed by atoms with Crippen molar-refractivity contribution in [2.24, 2.45) is 0 Å². The Labute approximate surface area is 187 Å². The minimum absolute atomic E-state index is 0.0506. The quantitative estimate of drug-likeness (QED) is 0.572. The third-order valence-corrected chi connectivity index (χ3v) is 5.82. The van der Waals surface area contributed by atoms with Crippen molar-refractivity contribution < 1.29 is 18.7 Å². The molecule has 5 nitrogen and oxygen atoms in total. The van der Waals surface area contributed by atoms with E-state index in [1.165, 1.54) is 19.2 Å². The highest BCUT2D eigenvalue weighted by Gasteiger charge is 2.38. The second-order valence-corrected chi connectivity index (χ2v) is 8.50. The lowest BCUT2D eigenvalue weighted by Crippen LogP contribution is -2.52. The fraction of sp³-hybridized carbons (Fsp3) is 0.269. The summed E-state index contributed by atoms with van der Waals surface area (Å²) in [5.41, 5.74) is 4.22. The van der Waals surface area contributed by atoms with Gasteiger partial charge in [0, 0.05) is 24.2 Å². The molecular formula is C26H27FN2O3. The first-order chi connectivity index (χ1) is 15.2. The molecule has 0 saturated carbocycles. The number of hydrogen-bond acceptors (Lipinski definition) is 4. The van der Waals surface area contributed by atoms with E-state index < -0.39 is 5.54 Å². The number of hydrogen-bond donors (Lipinski definition) is 1. The molecule has 0 atom stereocenters. The van der Waals surface area contributed by atoms with E-state index in [2.05, 4.69) is 5.32 Å². The van der Waals surface area contributed by atoms with Gasteiger partial charge < -0.3 is 19.7 Å². The number of benzene rings is 3. The average Bonchev–Trinajstić information content (AvgIpc) is 2.76. The Bertz CT molecular complexity index is 1190. The van der Waals surface area contributed by atoms with Crippen LogP contribution in [0.4, 0.5) is 15.8 Å². The summed E-state index contributed by atoms with van der Waals surface area (Å²) < 4.78 is 25.5. The monoisotopic (exact) mass is 434 g/mol. The molecule has 32 heavy (non-hydrogen) atoms. The fourth-order valence-electron chi connectivity index (χ4n) is 4.19. The minimum atomic E-state index is -0.731. The van der Waals surface area contributed by atoms with Crippen LogP contribution in [-0.4, -0.2) is 25.6 Å². The van der Waals surface area contributed by atoms with Crippen molar-refractivity contribution in [3.05, 3.63) is 71.5 Å². The topological polar surface area (TPSA) is 50.8 Å². The molecule has 3 aromatic carbocycles. The van der Waals surface area contributed by atoms with Gasteiger partial charge in [0.05, 0.1) is 18.5 Å². The molecule has 0 bridgehead atoms. The molecule has 0 radical (unpaired) electrons. The molecule has 4 rings (SSSR count). The number of likely N-dealkylation sites (N-methyl/N-ethyl adjacent to an activating group) is 1. The first-order valence-electron chi connectivity index (χ1n) is 10.5. The Hall–Kier alpha value is -3.54. The Kier molecular flexibility index (Phi) is 5.55. The summed E-state index contributed by atoms with van der Waals surface area (Å²) in [7, 11) is 3.28. The number of carbonyl (C=O) groups excluding carboxylic acids is 1. The number of aryl methyl sites for hydroxylation is 1. The number of halogens is 1. The summed E-state index contributed by atoms with van der Waals surface area (Å²) >= 11 is 0. The molecule has 0 spiro atoms. The van der Waals surface area contributed by atoms with Gasteiger partial charge in [-0.15, -0.1) is 0 Å². The average molecular weight is 435 g/mol. The summed E-state index contributed by atoms with van der Waals surface area (Å²) in [6.07, 6.45) is 0. The summed E-state index contributed by atoms with van der Waals surface area (Å²) in [4.78, 5) is 14.7. The standard InChI is InChI=1S/C26H27FN2O3/c1-16-8-6-7-9-22(16)32-15-20-18(19-11-10-17(27)14-23(19)31-5)12-13-21-24(20)29(4)25(30)26(2,3)28-21/h6-14,28H,15H2,1-5H3. The van der Waals surface area contributed by atoms with E-state index in [1.54, 1.807) is 18.0 Å². The second-order valence-electron chi connectivity index (χ2n) is 8.50. The predicted molar refractivity (Wildman–Crippen MR) is 125 cm³/mol. The van der Waals surface area contributed by atoms with Crippen LogP contribution in [-0.2, 0) is 11.4 Å². The molecule has 0 saturated heterocycles. The molecule has 1 aliphatic heterocycles. The lowest BCUT2D eigenvalue weighted by atomic mass is 9.92. The van der Waals surface area contributed by atoms with Gasteiger partial charge in [-0.3, -0.25) is 4.79 Å². The maximum atomic E-state index is 13.9. The minimum Gasteiger partial charge on any atom is -0.496 e. The van der Waals surface area contributed by atoms with Crippen LogP contribution in [0.5, 0.6) is 11.5 Å². The third kappa shape index (κ3) is 3.77. The van der Waals surface area contributed by atoms with Crippen LogP contribution in [0, 0.1) is 12.7 Å². The van der Waals surface area contributed by atoms with Gasteiger partial charge in [-0.1, -0.05) is 24.3 Å². The van der Waals surface area contributed by atoms with Gasteiger partial charge in [0.15, 0.2) is 0 Å². The number of para-hydroxylation sites is 1. The Balaban J connectivity index is 1.89. The number of anilines is 2. The Morgan fingerprint density at radius 3 is 2.47 bits per heavy atom. The number of ether oxygens (including phenoxy) is 2. The number of amides is 1. The number of methoxy groups -OCH3 is 1. The molecule has 1 amide bonds. The van der Waals surface area contributed by atoms with E-state index in [4.69, 9.17) is 9.47 Å². The molecular weight excluding hydrogens is 407 g/mol. The first-order valence-corrected chi connectivity index (χ1v) is 10.5. The van der Waals surface area contributed by atoms with Gasteiger partial charge in [0.2, 0.25) is 0 Å². The zero-order chi connectivity index (χ0) is 23.0. The van der Waals surface area contributed by atoms with Gasteiger partial charge in [0.25, 0.3) is 5.91 Å². The van der Waals surface area contributed by atoms with E-state index >= 15 is 0 Å². The van der Waals surface area contributed by atoms with Crippen molar-refractivity contribution in [2.45, 2.75) is 32.9 Å². The zero-order valence-electron chi connectivity index (χ0n) is 19.0. The Morgan fingerprint density at radius 1 is 1.03 bits per heavy atom. The third-order valence-electron chi connectivity index (χ3n) is 5.82. The largest absolute Gasteiger partial charge is 0.496 e. The SMILES string of the molecule is COc1cc(F)ccc1-c1ccc2c(c1COc1ccccc1C)N(C)C(=O)C(C)(C)N2. The Morgan fingerprint density at radius 2 is 1.75 bits per heavy atom. The summed E-state index contributed by atoms with van der Waals surface area (Å²) in [6.45, 7) is 5.92. The lowest BCUT2D eigenvalue weighted by molar-refractivity contribution is -0.121. The van der Waals surface area contributed by atoms with E-state index in [1.807, 2.05) is 57.2 Å². The zero-order valence-corrected chi connectivity index (χ0v) is 19.0. The molecule has 0 aliphatic carbocycles. The van der Waals surface area contributed by atoms with Crippen molar-refractivity contribution in [3.63, 3.8) is 0 Å². The highest BCUT2D eigenvalue weighted by atomic mass is 19.1. The first kappa shape index (κ1) is 21.7. The van der Waals surface area contributed by atoms with Crippen LogP contribution in [0.25, 0.3) is 11.1 Å². The van der Waals surface area contributed by atoms with Gasteiger partial charge >= 0.3 is 0 Å². The molecule has 6 heteroatoms. The van der Waals surface area contributed by atoms with Crippen molar-refractivity contribution in [1.82, 2.24) is 0 Å². The molecule has 0 unspecified atom stereocenters. The molecule has 166 valence electrons. The molecule has 1 heterocycles. The second kappa shape index (κ2) is 8.19. The molecule has 1 N–H and O–H groups in total. The summed E-state index contributed by atoms with van der Waals surface area (Å²) in [5, 5.41) is 3.34. The van der Waals surface area contributed by atoms with Gasteiger partial charge in [-0.2, -0.15) is 0 Å². The van der Waals surface area contributed by atoms with Crippen molar-refractivity contribution >= 4 is 17.3 Å². The van der Waals surface area contributed by atoms with Crippen molar-refractivity contribution in [1.29, 1.82) is 0 Å². The number of carbonyl (C=O) groups is 1.